The summed E-state index contributed by atoms with van der Waals surface area (Å²) in [5.41, 5.74) is -1.67. The molecule has 0 unspecified atom stereocenters. The lowest BCUT2D eigenvalue weighted by Crippen LogP contribution is -2.46. The molecule has 1 fully saturated rings. The Balaban J connectivity index is 1.65. The molecule has 0 aliphatic carbocycles. The second-order valence-corrected chi connectivity index (χ2v) is 8.59. The zero-order chi connectivity index (χ0) is 23.0. The van der Waals surface area contributed by atoms with Gasteiger partial charge in [-0.05, 0) is 24.5 Å². The first-order valence-electron chi connectivity index (χ1n) is 9.72. The minimum Gasteiger partial charge on any atom is -0.503 e. The summed E-state index contributed by atoms with van der Waals surface area (Å²) in [4.78, 5) is 39.7. The van der Waals surface area contributed by atoms with E-state index in [-0.39, 0.29) is 23.8 Å². The largest absolute Gasteiger partial charge is 0.503 e. The number of aromatic nitrogens is 1. The van der Waals surface area contributed by atoms with Crippen LogP contribution < -0.4 is 10.7 Å². The Morgan fingerprint density at radius 2 is 2.12 bits per heavy atom. The normalized spacial score (nSPS) is 18.4. The smallest absolute Gasteiger partial charge is 0.274 e. The van der Waals surface area contributed by atoms with E-state index in [1.54, 1.807) is 4.90 Å². The molecule has 1 aromatic heterocycles. The van der Waals surface area contributed by atoms with Gasteiger partial charge in [-0.25, -0.2) is 8.78 Å². The van der Waals surface area contributed by atoms with E-state index < -0.39 is 45.2 Å². The summed E-state index contributed by atoms with van der Waals surface area (Å²) in [6.07, 6.45) is 1.72. The number of pyridine rings is 1. The quantitative estimate of drug-likeness (QED) is 0.512. The monoisotopic (exact) mass is 485 g/mol. The van der Waals surface area contributed by atoms with Crippen molar-refractivity contribution in [2.45, 2.75) is 19.0 Å². The van der Waals surface area contributed by atoms with Gasteiger partial charge in [0, 0.05) is 37.1 Å². The van der Waals surface area contributed by atoms with Crippen LogP contribution in [-0.4, -0.2) is 51.8 Å². The molecule has 32 heavy (non-hydrogen) atoms. The van der Waals surface area contributed by atoms with Crippen LogP contribution in [0.4, 0.5) is 8.78 Å². The molecule has 8 nitrogen and oxygen atoms in total. The lowest BCUT2D eigenvalue weighted by molar-refractivity contribution is 0.0664. The van der Waals surface area contributed by atoms with Crippen molar-refractivity contribution >= 4 is 35.5 Å². The average Bonchev–Trinajstić information content (AvgIpc) is 2.88. The van der Waals surface area contributed by atoms with Gasteiger partial charge >= 0.3 is 0 Å². The standard InChI is InChI=1S/C20H18ClF2N3O5S/c21-14-13(22)2-1-10(15(14)23)7-24-19(29)12-9-26-11-3-5-31-32-6-4-25(8-11)20(30)16(26)18(28)17(12)27/h1-2,9,11,28H,3-8H2,(H,24,29)/t11-/m0/s1. The number of nitrogens with zero attached hydrogens (tertiary/aromatic N) is 2. The first-order chi connectivity index (χ1) is 15.3. The Kier molecular flexibility index (Phi) is 6.40. The molecule has 2 aromatic rings. The number of fused-ring (bicyclic) bond motifs is 4. The maximum atomic E-state index is 14.1. The summed E-state index contributed by atoms with van der Waals surface area (Å²) < 4.78 is 34.3. The maximum Gasteiger partial charge on any atom is 0.274 e. The molecule has 3 heterocycles. The van der Waals surface area contributed by atoms with Gasteiger partial charge in [0.2, 0.25) is 5.43 Å². The summed E-state index contributed by atoms with van der Waals surface area (Å²) in [7, 11) is 0. The first kappa shape index (κ1) is 22.6. The van der Waals surface area contributed by atoms with Crippen molar-refractivity contribution in [2.24, 2.45) is 0 Å². The van der Waals surface area contributed by atoms with Crippen LogP contribution in [0.5, 0.6) is 5.75 Å². The third kappa shape index (κ3) is 4.07. The van der Waals surface area contributed by atoms with Crippen molar-refractivity contribution in [3.8, 4) is 5.75 Å². The number of aromatic hydroxyl groups is 1. The molecular formula is C20H18ClF2N3O5S. The predicted octanol–water partition coefficient (Wildman–Crippen LogP) is 2.48. The predicted molar refractivity (Wildman–Crippen MR) is 113 cm³/mol. The SMILES string of the molecule is O=C(NCc1ccc(F)c(Cl)c1F)c1cn2c(c(O)c1=O)C(=O)N1CCSOCC[C@H]2C1. The first-order valence-corrected chi connectivity index (χ1v) is 11.0. The fourth-order valence-electron chi connectivity index (χ4n) is 3.70. The van der Waals surface area contributed by atoms with Crippen molar-refractivity contribution in [1.29, 1.82) is 0 Å². The minimum absolute atomic E-state index is 0.0798. The van der Waals surface area contributed by atoms with Gasteiger partial charge in [-0.3, -0.25) is 14.4 Å². The van der Waals surface area contributed by atoms with Gasteiger partial charge in [0.25, 0.3) is 11.8 Å². The minimum atomic E-state index is -1.02. The van der Waals surface area contributed by atoms with Gasteiger partial charge in [0.15, 0.2) is 11.4 Å². The van der Waals surface area contributed by atoms with E-state index in [1.807, 2.05) is 0 Å². The fourth-order valence-corrected chi connectivity index (χ4v) is 4.51. The molecule has 0 saturated carbocycles. The molecule has 0 spiro atoms. The van der Waals surface area contributed by atoms with E-state index in [9.17, 15) is 28.3 Å². The van der Waals surface area contributed by atoms with Crippen LogP contribution >= 0.6 is 23.6 Å². The Morgan fingerprint density at radius 3 is 2.91 bits per heavy atom. The van der Waals surface area contributed by atoms with Gasteiger partial charge in [0.05, 0.1) is 12.6 Å². The van der Waals surface area contributed by atoms with Gasteiger partial charge in [0.1, 0.15) is 22.2 Å². The van der Waals surface area contributed by atoms with Crippen LogP contribution in [0.2, 0.25) is 5.02 Å². The number of hydrogen-bond donors (Lipinski definition) is 2. The lowest BCUT2D eigenvalue weighted by Gasteiger charge is -2.35. The number of carbonyl (C=O) groups is 2. The van der Waals surface area contributed by atoms with Gasteiger partial charge in [-0.2, -0.15) is 0 Å². The van der Waals surface area contributed by atoms with Crippen LogP contribution in [-0.2, 0) is 10.7 Å². The summed E-state index contributed by atoms with van der Waals surface area (Å²) in [5.74, 6) is -3.62. The zero-order valence-corrected chi connectivity index (χ0v) is 18.1. The Bertz CT molecular complexity index is 1160. The molecule has 0 radical (unpaired) electrons. The average molecular weight is 486 g/mol. The van der Waals surface area contributed by atoms with Crippen LogP contribution in [0.1, 0.15) is 38.9 Å². The number of carbonyl (C=O) groups excluding carboxylic acids is 2. The Labute approximate surface area is 190 Å². The molecule has 2 aliphatic rings. The van der Waals surface area contributed by atoms with Crippen molar-refractivity contribution in [3.63, 3.8) is 0 Å². The molecule has 1 aromatic carbocycles. The van der Waals surface area contributed by atoms with E-state index in [1.165, 1.54) is 22.8 Å². The van der Waals surface area contributed by atoms with Crippen molar-refractivity contribution in [2.75, 3.05) is 25.4 Å². The van der Waals surface area contributed by atoms with E-state index in [0.717, 1.165) is 12.1 Å². The third-order valence-corrected chi connectivity index (χ3v) is 6.42. The van der Waals surface area contributed by atoms with Gasteiger partial charge < -0.3 is 24.1 Å². The fraction of sp³-hybridized carbons (Fsp3) is 0.350. The highest BCUT2D eigenvalue weighted by molar-refractivity contribution is 7.94. The lowest BCUT2D eigenvalue weighted by atomic mass is 10.1. The maximum absolute atomic E-state index is 14.1. The summed E-state index contributed by atoms with van der Waals surface area (Å²) in [6.45, 7) is 0.754. The molecular weight excluding hydrogens is 468 g/mol. The number of halogens is 3. The number of nitrogens with one attached hydrogen (secondary N) is 1. The molecule has 2 aliphatic heterocycles. The van der Waals surface area contributed by atoms with Gasteiger partial charge in [-0.1, -0.05) is 17.7 Å². The molecule has 170 valence electrons. The molecule has 2 bridgehead atoms. The van der Waals surface area contributed by atoms with E-state index in [2.05, 4.69) is 5.32 Å². The number of hydrogen-bond acceptors (Lipinski definition) is 6. The second-order valence-electron chi connectivity index (χ2n) is 7.33. The summed E-state index contributed by atoms with van der Waals surface area (Å²) >= 11 is 6.78. The van der Waals surface area contributed by atoms with Gasteiger partial charge in [-0.15, -0.1) is 0 Å². The highest BCUT2D eigenvalue weighted by atomic mass is 35.5. The second kappa shape index (κ2) is 9.08. The molecule has 2 N–H and O–H groups in total. The third-order valence-electron chi connectivity index (χ3n) is 5.39. The van der Waals surface area contributed by atoms with Crippen molar-refractivity contribution in [3.05, 3.63) is 62.0 Å². The van der Waals surface area contributed by atoms with Crippen LogP contribution in [0, 0.1) is 11.6 Å². The molecule has 12 heteroatoms. The highest BCUT2D eigenvalue weighted by Gasteiger charge is 2.35. The van der Waals surface area contributed by atoms with E-state index in [0.29, 0.717) is 31.9 Å². The highest BCUT2D eigenvalue weighted by Crippen LogP contribution is 2.30. The topological polar surface area (TPSA) is 101 Å². The Morgan fingerprint density at radius 1 is 1.34 bits per heavy atom. The zero-order valence-electron chi connectivity index (χ0n) is 16.6. The number of benzene rings is 1. The van der Waals surface area contributed by atoms with Crippen LogP contribution in [0.3, 0.4) is 0 Å². The van der Waals surface area contributed by atoms with Crippen LogP contribution in [0.15, 0.2) is 23.1 Å². The molecule has 1 atom stereocenters. The molecule has 1 saturated heterocycles. The number of rotatable bonds is 3. The van der Waals surface area contributed by atoms with E-state index >= 15 is 0 Å². The van der Waals surface area contributed by atoms with E-state index in [4.69, 9.17) is 15.8 Å². The van der Waals surface area contributed by atoms with Crippen LogP contribution in [0.25, 0.3) is 0 Å². The van der Waals surface area contributed by atoms with Crippen molar-refractivity contribution < 1.29 is 27.7 Å². The van der Waals surface area contributed by atoms with Crippen molar-refractivity contribution in [1.82, 2.24) is 14.8 Å². The molecule has 4 rings (SSSR count). The summed E-state index contributed by atoms with van der Waals surface area (Å²) in [6, 6.07) is 1.77. The molecule has 2 amide bonds. The number of amides is 2. The Hall–Kier alpha value is -2.63. The summed E-state index contributed by atoms with van der Waals surface area (Å²) in [5, 5.41) is 12.2.